The van der Waals surface area contributed by atoms with Gasteiger partial charge >= 0.3 is 0 Å². The van der Waals surface area contributed by atoms with E-state index in [9.17, 15) is 4.79 Å². The highest BCUT2D eigenvalue weighted by Crippen LogP contribution is 2.16. The van der Waals surface area contributed by atoms with Gasteiger partial charge in [-0.1, -0.05) is 19.9 Å². The predicted molar refractivity (Wildman–Crippen MR) is 84.3 cm³/mol. The standard InChI is InChI=1S/C17H27N2O/c1-13(10-18)3-5-15-7-16(6-4-14(2)11-19)9-17(8-15)12-20/h7-9,13-14H,3-6,10-11,18-19H2,1-2H3. The highest BCUT2D eigenvalue weighted by Gasteiger charge is 2.06. The lowest BCUT2D eigenvalue weighted by molar-refractivity contribution is 0.540. The molecule has 0 bridgehead atoms. The average molecular weight is 275 g/mol. The molecule has 1 radical (unpaired) electrons. The molecule has 0 aromatic heterocycles. The Morgan fingerprint density at radius 3 is 1.75 bits per heavy atom. The minimum absolute atomic E-state index is 0.513. The van der Waals surface area contributed by atoms with Crippen LogP contribution in [0.3, 0.4) is 0 Å². The topological polar surface area (TPSA) is 69.1 Å². The normalized spacial score (nSPS) is 14.0. The first-order chi connectivity index (χ1) is 9.58. The Labute approximate surface area is 122 Å². The number of hydrogen-bond acceptors (Lipinski definition) is 3. The van der Waals surface area contributed by atoms with E-state index < -0.39 is 0 Å². The predicted octanol–water partition coefficient (Wildman–Crippen LogP) is 2.20. The lowest BCUT2D eigenvalue weighted by Gasteiger charge is -2.12. The summed E-state index contributed by atoms with van der Waals surface area (Å²) < 4.78 is 0. The first kappa shape index (κ1) is 16.9. The zero-order valence-corrected chi connectivity index (χ0v) is 12.7. The maximum Gasteiger partial charge on any atom is 0.233 e. The van der Waals surface area contributed by atoms with Crippen LogP contribution in [0.25, 0.3) is 0 Å². The van der Waals surface area contributed by atoms with Gasteiger partial charge in [0.15, 0.2) is 0 Å². The van der Waals surface area contributed by atoms with Gasteiger partial charge in [-0.15, -0.1) is 0 Å². The molecule has 1 rings (SSSR count). The number of hydrogen-bond donors (Lipinski definition) is 2. The summed E-state index contributed by atoms with van der Waals surface area (Å²) in [6, 6.07) is 6.07. The summed E-state index contributed by atoms with van der Waals surface area (Å²) in [7, 11) is 0. The van der Waals surface area contributed by atoms with Crippen LogP contribution in [0.15, 0.2) is 18.2 Å². The lowest BCUT2D eigenvalue weighted by Crippen LogP contribution is -2.12. The molecule has 1 aromatic rings. The van der Waals surface area contributed by atoms with E-state index in [0.717, 1.165) is 25.7 Å². The molecule has 0 aliphatic heterocycles. The molecule has 2 unspecified atom stereocenters. The first-order valence-electron chi connectivity index (χ1n) is 7.50. The van der Waals surface area contributed by atoms with Gasteiger partial charge < -0.3 is 11.5 Å². The van der Waals surface area contributed by atoms with E-state index in [-0.39, 0.29) is 0 Å². The van der Waals surface area contributed by atoms with E-state index in [1.807, 2.05) is 18.4 Å². The van der Waals surface area contributed by atoms with Crippen molar-refractivity contribution < 1.29 is 4.79 Å². The summed E-state index contributed by atoms with van der Waals surface area (Å²) in [5, 5.41) is 0. The van der Waals surface area contributed by atoms with E-state index in [2.05, 4.69) is 19.9 Å². The summed E-state index contributed by atoms with van der Waals surface area (Å²) in [4.78, 5) is 10.9. The van der Waals surface area contributed by atoms with Crippen molar-refractivity contribution in [3.05, 3.63) is 34.9 Å². The Balaban J connectivity index is 2.72. The minimum Gasteiger partial charge on any atom is -0.330 e. The van der Waals surface area contributed by atoms with Crippen LogP contribution < -0.4 is 11.5 Å². The van der Waals surface area contributed by atoms with E-state index >= 15 is 0 Å². The molecule has 0 aliphatic rings. The lowest BCUT2D eigenvalue weighted by atomic mass is 9.95. The quantitative estimate of drug-likeness (QED) is 0.726. The van der Waals surface area contributed by atoms with Crippen LogP contribution in [0.4, 0.5) is 0 Å². The second-order valence-electron chi connectivity index (χ2n) is 5.90. The van der Waals surface area contributed by atoms with Gasteiger partial charge in [-0.25, -0.2) is 0 Å². The van der Waals surface area contributed by atoms with Crippen LogP contribution in [0.2, 0.25) is 0 Å². The fourth-order valence-electron chi connectivity index (χ4n) is 2.17. The van der Waals surface area contributed by atoms with Crippen LogP contribution in [-0.2, 0) is 17.6 Å². The molecule has 0 heterocycles. The Morgan fingerprint density at radius 2 is 1.40 bits per heavy atom. The molecule has 3 heteroatoms. The number of benzene rings is 1. The highest BCUT2D eigenvalue weighted by molar-refractivity contribution is 5.76. The molecule has 1 aromatic carbocycles. The van der Waals surface area contributed by atoms with Crippen LogP contribution in [-0.4, -0.2) is 19.4 Å². The summed E-state index contributed by atoms with van der Waals surface area (Å²) in [5.41, 5.74) is 14.4. The van der Waals surface area contributed by atoms with Crippen LogP contribution >= 0.6 is 0 Å². The van der Waals surface area contributed by atoms with Gasteiger partial charge in [0.1, 0.15) is 0 Å². The summed E-state index contributed by atoms with van der Waals surface area (Å²) >= 11 is 0. The molecule has 0 amide bonds. The molecule has 4 N–H and O–H groups in total. The zero-order chi connectivity index (χ0) is 15.0. The zero-order valence-electron chi connectivity index (χ0n) is 12.7. The van der Waals surface area contributed by atoms with Crippen LogP contribution in [0.1, 0.15) is 43.4 Å². The third-order valence-corrected chi connectivity index (χ3v) is 3.83. The van der Waals surface area contributed by atoms with Gasteiger partial charge in [-0.3, -0.25) is 4.79 Å². The van der Waals surface area contributed by atoms with Gasteiger partial charge in [0.05, 0.1) is 0 Å². The largest absolute Gasteiger partial charge is 0.330 e. The fraction of sp³-hybridized carbons (Fsp3) is 0.588. The SMILES string of the molecule is CC(CN)CCc1cc([C]=O)cc(CCC(C)CN)c1. The van der Waals surface area contributed by atoms with Gasteiger partial charge in [-0.2, -0.15) is 0 Å². The van der Waals surface area contributed by atoms with E-state index in [4.69, 9.17) is 11.5 Å². The third-order valence-electron chi connectivity index (χ3n) is 3.83. The van der Waals surface area contributed by atoms with Crippen molar-refractivity contribution in [1.82, 2.24) is 0 Å². The maximum atomic E-state index is 10.9. The van der Waals surface area contributed by atoms with E-state index in [0.29, 0.717) is 30.5 Å². The summed E-state index contributed by atoms with van der Waals surface area (Å²) in [6.07, 6.45) is 6.05. The highest BCUT2D eigenvalue weighted by atomic mass is 16.1. The van der Waals surface area contributed by atoms with Crippen molar-refractivity contribution in [3.8, 4) is 0 Å². The fourth-order valence-corrected chi connectivity index (χ4v) is 2.17. The number of rotatable bonds is 9. The second-order valence-corrected chi connectivity index (χ2v) is 5.90. The van der Waals surface area contributed by atoms with E-state index in [1.165, 1.54) is 11.1 Å². The molecule has 2 atom stereocenters. The molecule has 0 fully saturated rings. The Hall–Kier alpha value is -1.19. The number of aryl methyl sites for hydroxylation is 2. The van der Waals surface area contributed by atoms with Crippen LogP contribution in [0.5, 0.6) is 0 Å². The smallest absolute Gasteiger partial charge is 0.233 e. The molecule has 111 valence electrons. The summed E-state index contributed by atoms with van der Waals surface area (Å²) in [6.45, 7) is 5.72. The molecule has 20 heavy (non-hydrogen) atoms. The molecule has 0 saturated carbocycles. The Kier molecular flexibility index (Phi) is 7.48. The number of carbonyl (C=O) groups excluding carboxylic acids is 1. The van der Waals surface area contributed by atoms with Gasteiger partial charge in [0, 0.05) is 5.56 Å². The van der Waals surface area contributed by atoms with Crippen LogP contribution in [0, 0.1) is 11.8 Å². The molecule has 3 nitrogen and oxygen atoms in total. The monoisotopic (exact) mass is 275 g/mol. The van der Waals surface area contributed by atoms with Crippen molar-refractivity contribution >= 4 is 6.29 Å². The molecular formula is C17H27N2O. The minimum atomic E-state index is 0.513. The van der Waals surface area contributed by atoms with Crippen molar-refractivity contribution in [2.24, 2.45) is 23.3 Å². The number of nitrogens with two attached hydrogens (primary N) is 2. The van der Waals surface area contributed by atoms with Gasteiger partial charge in [-0.05, 0) is 73.9 Å². The third kappa shape index (κ3) is 5.85. The first-order valence-corrected chi connectivity index (χ1v) is 7.50. The Bertz CT molecular complexity index is 385. The van der Waals surface area contributed by atoms with Crippen molar-refractivity contribution in [3.63, 3.8) is 0 Å². The van der Waals surface area contributed by atoms with Crippen molar-refractivity contribution in [2.45, 2.75) is 39.5 Å². The second kappa shape index (κ2) is 8.88. The van der Waals surface area contributed by atoms with Crippen molar-refractivity contribution in [1.29, 1.82) is 0 Å². The average Bonchev–Trinajstić information content (AvgIpc) is 2.49. The molecule has 0 saturated heterocycles. The maximum absolute atomic E-state index is 10.9. The molecular weight excluding hydrogens is 248 g/mol. The molecule has 0 aliphatic carbocycles. The van der Waals surface area contributed by atoms with Crippen molar-refractivity contribution in [2.75, 3.05) is 13.1 Å². The Morgan fingerprint density at radius 1 is 0.950 bits per heavy atom. The van der Waals surface area contributed by atoms with Gasteiger partial charge in [0.2, 0.25) is 6.29 Å². The summed E-state index contributed by atoms with van der Waals surface area (Å²) in [5.74, 6) is 1.03. The molecule has 0 spiro atoms. The van der Waals surface area contributed by atoms with Gasteiger partial charge in [0.25, 0.3) is 0 Å². The van der Waals surface area contributed by atoms with E-state index in [1.54, 1.807) is 0 Å².